The molecule has 1 aromatic carbocycles. The van der Waals surface area contributed by atoms with Gasteiger partial charge >= 0.3 is 0 Å². The number of rotatable bonds is 1. The fraction of sp³-hybridized carbons (Fsp3) is 0.333. The molecule has 1 fully saturated rings. The molecule has 1 saturated heterocycles. The number of nitrogens with two attached hydrogens (primary N) is 1. The molecule has 0 aliphatic carbocycles. The Labute approximate surface area is 81.7 Å². The Bertz CT molecular complexity index is 458. The van der Waals surface area contributed by atoms with Gasteiger partial charge in [-0.2, -0.15) is 0 Å². The van der Waals surface area contributed by atoms with Gasteiger partial charge in [-0.15, -0.1) is 0 Å². The highest BCUT2D eigenvalue weighted by atomic mass is 32.2. The molecule has 2 rings (SSSR count). The van der Waals surface area contributed by atoms with E-state index in [1.54, 1.807) is 6.07 Å². The zero-order valence-corrected chi connectivity index (χ0v) is 8.17. The number of hydrogen-bond acceptors (Lipinski definition) is 3. The summed E-state index contributed by atoms with van der Waals surface area (Å²) in [4.78, 5) is 0. The Balaban J connectivity index is 2.41. The highest BCUT2D eigenvalue weighted by Gasteiger charge is 2.44. The molecule has 1 heterocycles. The number of benzene rings is 1. The Morgan fingerprint density at radius 3 is 2.64 bits per heavy atom. The van der Waals surface area contributed by atoms with Gasteiger partial charge < -0.3 is 5.73 Å². The van der Waals surface area contributed by atoms with Crippen molar-refractivity contribution in [3.05, 3.63) is 35.6 Å². The van der Waals surface area contributed by atoms with Crippen molar-refractivity contribution in [2.45, 2.75) is 11.3 Å². The second-order valence-corrected chi connectivity index (χ2v) is 5.64. The van der Waals surface area contributed by atoms with Crippen molar-refractivity contribution in [3.8, 4) is 0 Å². The summed E-state index contributed by atoms with van der Waals surface area (Å²) in [6.45, 7) is 0. The lowest BCUT2D eigenvalue weighted by atomic mass is 10.1. The highest BCUT2D eigenvalue weighted by molar-refractivity contribution is 7.93. The fourth-order valence-corrected chi connectivity index (χ4v) is 3.51. The molecule has 0 bridgehead atoms. The molecule has 1 aliphatic rings. The average Bonchev–Trinajstić information content (AvgIpc) is 2.01. The quantitative estimate of drug-likeness (QED) is 0.747. The standard InChI is InChI=1S/C9H10FNO2S/c10-7-3-1-2-6(4-7)9-8(11)5-14(9,12)13/h1-4,8-9H,5,11H2. The van der Waals surface area contributed by atoms with Gasteiger partial charge in [0, 0.05) is 6.04 Å². The van der Waals surface area contributed by atoms with Crippen molar-refractivity contribution >= 4 is 9.84 Å². The largest absolute Gasteiger partial charge is 0.325 e. The zero-order chi connectivity index (χ0) is 10.3. The molecule has 1 aromatic rings. The third-order valence-corrected chi connectivity index (χ3v) is 4.62. The van der Waals surface area contributed by atoms with Gasteiger partial charge in [0.2, 0.25) is 0 Å². The Morgan fingerprint density at radius 1 is 1.43 bits per heavy atom. The van der Waals surface area contributed by atoms with Gasteiger partial charge in [0.05, 0.1) is 5.75 Å². The van der Waals surface area contributed by atoms with Crippen molar-refractivity contribution in [2.75, 3.05) is 5.75 Å². The highest BCUT2D eigenvalue weighted by Crippen LogP contribution is 2.35. The first-order valence-corrected chi connectivity index (χ1v) is 5.95. The van der Waals surface area contributed by atoms with Crippen LogP contribution in [0.25, 0.3) is 0 Å². The Morgan fingerprint density at radius 2 is 2.14 bits per heavy atom. The summed E-state index contributed by atoms with van der Waals surface area (Å²) in [5.41, 5.74) is 6.03. The van der Waals surface area contributed by atoms with E-state index in [4.69, 9.17) is 5.73 Å². The van der Waals surface area contributed by atoms with Crippen LogP contribution in [-0.4, -0.2) is 20.2 Å². The van der Waals surface area contributed by atoms with E-state index in [0.29, 0.717) is 5.56 Å². The summed E-state index contributed by atoms with van der Waals surface area (Å²) < 4.78 is 35.5. The van der Waals surface area contributed by atoms with E-state index < -0.39 is 26.9 Å². The molecule has 0 spiro atoms. The molecule has 2 atom stereocenters. The maximum Gasteiger partial charge on any atom is 0.160 e. The van der Waals surface area contributed by atoms with Crippen LogP contribution in [0.4, 0.5) is 4.39 Å². The van der Waals surface area contributed by atoms with Crippen LogP contribution in [-0.2, 0) is 9.84 Å². The predicted octanol–water partition coefficient (Wildman–Crippen LogP) is 0.622. The smallest absolute Gasteiger partial charge is 0.160 e. The lowest BCUT2D eigenvalue weighted by Crippen LogP contribution is -2.50. The average molecular weight is 215 g/mol. The lowest BCUT2D eigenvalue weighted by molar-refractivity contribution is 0.521. The molecule has 1 aliphatic heterocycles. The van der Waals surface area contributed by atoms with Gasteiger partial charge in [-0.05, 0) is 17.7 Å². The Hall–Kier alpha value is -0.940. The second kappa shape index (κ2) is 3.03. The molecule has 2 N–H and O–H groups in total. The second-order valence-electron chi connectivity index (χ2n) is 3.47. The van der Waals surface area contributed by atoms with E-state index in [1.807, 2.05) is 0 Å². The summed E-state index contributed by atoms with van der Waals surface area (Å²) in [5.74, 6) is -0.439. The topological polar surface area (TPSA) is 60.2 Å². The summed E-state index contributed by atoms with van der Waals surface area (Å²) in [7, 11) is -3.13. The first kappa shape index (κ1) is 9.61. The van der Waals surface area contributed by atoms with Gasteiger partial charge in [-0.1, -0.05) is 12.1 Å². The van der Waals surface area contributed by atoms with Crippen molar-refractivity contribution < 1.29 is 12.8 Å². The van der Waals surface area contributed by atoms with Gasteiger partial charge in [0.25, 0.3) is 0 Å². The number of halogens is 1. The molecule has 2 unspecified atom stereocenters. The SMILES string of the molecule is NC1CS(=O)(=O)C1c1cccc(F)c1. The monoisotopic (exact) mass is 215 g/mol. The first-order chi connectivity index (χ1) is 6.50. The van der Waals surface area contributed by atoms with Gasteiger partial charge in [0.1, 0.15) is 11.1 Å². The third kappa shape index (κ3) is 1.42. The minimum Gasteiger partial charge on any atom is -0.325 e. The number of hydrogen-bond donors (Lipinski definition) is 1. The molecule has 0 amide bonds. The maximum absolute atomic E-state index is 12.8. The minimum atomic E-state index is -3.13. The van der Waals surface area contributed by atoms with Crippen molar-refractivity contribution in [2.24, 2.45) is 5.73 Å². The molecule has 14 heavy (non-hydrogen) atoms. The van der Waals surface area contributed by atoms with Crippen LogP contribution in [0.5, 0.6) is 0 Å². The Kier molecular flexibility index (Phi) is 2.08. The molecule has 0 radical (unpaired) electrons. The maximum atomic E-state index is 12.8. The van der Waals surface area contributed by atoms with Gasteiger partial charge in [-0.25, -0.2) is 12.8 Å². The first-order valence-electron chi connectivity index (χ1n) is 4.23. The molecule has 5 heteroatoms. The molecule has 76 valence electrons. The zero-order valence-electron chi connectivity index (χ0n) is 7.35. The van der Waals surface area contributed by atoms with Gasteiger partial charge in [0.15, 0.2) is 9.84 Å². The normalized spacial score (nSPS) is 29.6. The van der Waals surface area contributed by atoms with E-state index in [0.717, 1.165) is 0 Å². The molecule has 3 nitrogen and oxygen atoms in total. The fourth-order valence-electron chi connectivity index (χ4n) is 1.74. The van der Waals surface area contributed by atoms with Crippen LogP contribution in [0.3, 0.4) is 0 Å². The molecular weight excluding hydrogens is 205 g/mol. The van der Waals surface area contributed by atoms with Crippen molar-refractivity contribution in [1.29, 1.82) is 0 Å². The number of sulfone groups is 1. The van der Waals surface area contributed by atoms with Crippen LogP contribution < -0.4 is 5.73 Å². The van der Waals surface area contributed by atoms with Crippen LogP contribution in [0, 0.1) is 5.82 Å². The van der Waals surface area contributed by atoms with Crippen LogP contribution in [0.1, 0.15) is 10.8 Å². The summed E-state index contributed by atoms with van der Waals surface area (Å²) in [6.07, 6.45) is 0. The summed E-state index contributed by atoms with van der Waals surface area (Å²) in [6, 6.07) is 5.18. The van der Waals surface area contributed by atoms with Crippen LogP contribution >= 0.6 is 0 Å². The van der Waals surface area contributed by atoms with E-state index in [1.165, 1.54) is 18.2 Å². The van der Waals surface area contributed by atoms with Crippen molar-refractivity contribution in [3.63, 3.8) is 0 Å². The van der Waals surface area contributed by atoms with E-state index in [-0.39, 0.29) is 5.75 Å². The molecule has 0 saturated carbocycles. The summed E-state index contributed by atoms with van der Waals surface area (Å²) >= 11 is 0. The minimum absolute atomic E-state index is 0.00577. The predicted molar refractivity (Wildman–Crippen MR) is 50.9 cm³/mol. The summed E-state index contributed by atoms with van der Waals surface area (Å²) in [5, 5.41) is -0.724. The third-order valence-electron chi connectivity index (χ3n) is 2.38. The van der Waals surface area contributed by atoms with E-state index in [2.05, 4.69) is 0 Å². The lowest BCUT2D eigenvalue weighted by Gasteiger charge is -2.33. The van der Waals surface area contributed by atoms with Crippen LogP contribution in [0.15, 0.2) is 24.3 Å². The van der Waals surface area contributed by atoms with Crippen LogP contribution in [0.2, 0.25) is 0 Å². The van der Waals surface area contributed by atoms with Gasteiger partial charge in [-0.3, -0.25) is 0 Å². The molecular formula is C9H10FNO2S. The molecule has 0 aromatic heterocycles. The van der Waals surface area contributed by atoms with E-state index >= 15 is 0 Å². The van der Waals surface area contributed by atoms with E-state index in [9.17, 15) is 12.8 Å². The van der Waals surface area contributed by atoms with Crippen molar-refractivity contribution in [1.82, 2.24) is 0 Å².